The molecule has 1 aliphatic heterocycles. The van der Waals surface area contributed by atoms with Crippen molar-refractivity contribution in [2.45, 2.75) is 64.6 Å². The van der Waals surface area contributed by atoms with Gasteiger partial charge in [0.2, 0.25) is 11.8 Å². The first-order valence-electron chi connectivity index (χ1n) is 7.05. The first-order valence-corrected chi connectivity index (χ1v) is 7.05. The molecular formula is C14H26N2O3. The molecule has 1 heterocycles. The smallest absolute Gasteiger partial charge is 0.246 e. The summed E-state index contributed by atoms with van der Waals surface area (Å²) in [7, 11) is 1.64. The molecule has 0 saturated carbocycles. The minimum absolute atomic E-state index is 0.00231. The summed E-state index contributed by atoms with van der Waals surface area (Å²) in [6, 6.07) is -0.394. The molecule has 1 aliphatic rings. The third-order valence-corrected chi connectivity index (χ3v) is 4.14. The zero-order chi connectivity index (χ0) is 14.6. The van der Waals surface area contributed by atoms with Gasteiger partial charge in [-0.15, -0.1) is 0 Å². The number of hydrogen-bond acceptors (Lipinski definition) is 3. The predicted molar refractivity (Wildman–Crippen MR) is 73.7 cm³/mol. The van der Waals surface area contributed by atoms with Crippen molar-refractivity contribution in [1.29, 1.82) is 0 Å². The Labute approximate surface area is 115 Å². The van der Waals surface area contributed by atoms with Crippen LogP contribution in [-0.4, -0.2) is 48.1 Å². The fourth-order valence-electron chi connectivity index (χ4n) is 2.62. The molecule has 19 heavy (non-hydrogen) atoms. The van der Waals surface area contributed by atoms with E-state index in [1.807, 2.05) is 27.7 Å². The van der Waals surface area contributed by atoms with E-state index < -0.39 is 11.6 Å². The van der Waals surface area contributed by atoms with Crippen LogP contribution in [0.25, 0.3) is 0 Å². The lowest BCUT2D eigenvalue weighted by molar-refractivity contribution is -0.160. The second kappa shape index (κ2) is 6.37. The molecule has 0 spiro atoms. The van der Waals surface area contributed by atoms with Gasteiger partial charge in [0, 0.05) is 19.8 Å². The molecule has 1 fully saturated rings. The van der Waals surface area contributed by atoms with Crippen molar-refractivity contribution in [2.75, 3.05) is 13.7 Å². The molecule has 5 heteroatoms. The van der Waals surface area contributed by atoms with Crippen LogP contribution in [0, 0.1) is 0 Å². The van der Waals surface area contributed by atoms with Gasteiger partial charge >= 0.3 is 0 Å². The van der Waals surface area contributed by atoms with Gasteiger partial charge in [-0.1, -0.05) is 13.8 Å². The average molecular weight is 270 g/mol. The lowest BCUT2D eigenvalue weighted by atomic mass is 9.88. The van der Waals surface area contributed by atoms with E-state index in [4.69, 9.17) is 4.74 Å². The second-order valence-electron chi connectivity index (χ2n) is 5.40. The Morgan fingerprint density at radius 2 is 2.05 bits per heavy atom. The minimum atomic E-state index is -0.754. The molecule has 0 radical (unpaired) electrons. The average Bonchev–Trinajstić information content (AvgIpc) is 2.40. The lowest BCUT2D eigenvalue weighted by Gasteiger charge is -2.48. The van der Waals surface area contributed by atoms with Gasteiger partial charge in [-0.2, -0.15) is 0 Å². The van der Waals surface area contributed by atoms with Crippen LogP contribution >= 0.6 is 0 Å². The van der Waals surface area contributed by atoms with Crippen LogP contribution in [0.15, 0.2) is 0 Å². The van der Waals surface area contributed by atoms with Crippen LogP contribution < -0.4 is 5.32 Å². The number of ether oxygens (including phenoxy) is 1. The highest BCUT2D eigenvalue weighted by molar-refractivity contribution is 5.99. The number of carbonyl (C=O) groups excluding carboxylic acids is 2. The van der Waals surface area contributed by atoms with Gasteiger partial charge in [-0.05, 0) is 33.1 Å². The van der Waals surface area contributed by atoms with Crippen molar-refractivity contribution < 1.29 is 14.3 Å². The van der Waals surface area contributed by atoms with Gasteiger partial charge in [0.1, 0.15) is 11.6 Å². The summed E-state index contributed by atoms with van der Waals surface area (Å²) in [6.07, 6.45) is 1.97. The van der Waals surface area contributed by atoms with E-state index in [0.717, 1.165) is 6.42 Å². The van der Waals surface area contributed by atoms with Gasteiger partial charge in [0.15, 0.2) is 0 Å². The van der Waals surface area contributed by atoms with Gasteiger partial charge in [-0.25, -0.2) is 0 Å². The van der Waals surface area contributed by atoms with Crippen LogP contribution in [0.3, 0.4) is 0 Å². The maximum atomic E-state index is 12.6. The monoisotopic (exact) mass is 270 g/mol. The van der Waals surface area contributed by atoms with Gasteiger partial charge < -0.3 is 15.0 Å². The number of carbonyl (C=O) groups is 2. The zero-order valence-electron chi connectivity index (χ0n) is 12.7. The molecule has 1 saturated heterocycles. The van der Waals surface area contributed by atoms with Crippen molar-refractivity contribution in [2.24, 2.45) is 0 Å². The summed E-state index contributed by atoms with van der Waals surface area (Å²) >= 11 is 0. The molecule has 5 nitrogen and oxygen atoms in total. The van der Waals surface area contributed by atoms with E-state index >= 15 is 0 Å². The largest absolute Gasteiger partial charge is 0.385 e. The minimum Gasteiger partial charge on any atom is -0.385 e. The summed E-state index contributed by atoms with van der Waals surface area (Å²) in [5, 5.41) is 2.84. The Balaban J connectivity index is 3.02. The fourth-order valence-corrected chi connectivity index (χ4v) is 2.62. The summed E-state index contributed by atoms with van der Waals surface area (Å²) in [5.74, 6) is -0.0271. The Bertz CT molecular complexity index is 346. The number of hydrogen-bond donors (Lipinski definition) is 1. The summed E-state index contributed by atoms with van der Waals surface area (Å²) in [6.45, 7) is 8.26. The van der Waals surface area contributed by atoms with Crippen molar-refractivity contribution in [3.05, 3.63) is 0 Å². The maximum Gasteiger partial charge on any atom is 0.246 e. The normalized spacial score (nSPS) is 29.3. The molecule has 3 atom stereocenters. The number of piperazine rings is 1. The van der Waals surface area contributed by atoms with E-state index in [2.05, 4.69) is 5.32 Å². The quantitative estimate of drug-likeness (QED) is 0.792. The van der Waals surface area contributed by atoms with Crippen molar-refractivity contribution in [3.8, 4) is 0 Å². The zero-order valence-corrected chi connectivity index (χ0v) is 12.7. The van der Waals surface area contributed by atoms with Crippen LogP contribution in [0.1, 0.15) is 47.0 Å². The molecule has 1 N–H and O–H groups in total. The predicted octanol–water partition coefficient (Wildman–Crippen LogP) is 1.32. The number of methoxy groups -OCH3 is 1. The molecular weight excluding hydrogens is 244 g/mol. The summed E-state index contributed by atoms with van der Waals surface area (Å²) in [5.41, 5.74) is -0.754. The van der Waals surface area contributed by atoms with Crippen molar-refractivity contribution >= 4 is 11.8 Å². The highest BCUT2D eigenvalue weighted by Gasteiger charge is 2.49. The molecule has 0 aromatic carbocycles. The van der Waals surface area contributed by atoms with Crippen molar-refractivity contribution in [1.82, 2.24) is 10.2 Å². The Morgan fingerprint density at radius 3 is 2.53 bits per heavy atom. The molecule has 1 rings (SSSR count). The summed E-state index contributed by atoms with van der Waals surface area (Å²) in [4.78, 5) is 26.6. The Kier molecular flexibility index (Phi) is 5.35. The van der Waals surface area contributed by atoms with Crippen LogP contribution in [0.5, 0.6) is 0 Å². The van der Waals surface area contributed by atoms with Crippen molar-refractivity contribution in [3.63, 3.8) is 0 Å². The van der Waals surface area contributed by atoms with E-state index in [1.54, 1.807) is 12.0 Å². The highest BCUT2D eigenvalue weighted by atomic mass is 16.5. The van der Waals surface area contributed by atoms with E-state index in [0.29, 0.717) is 19.4 Å². The van der Waals surface area contributed by atoms with Crippen LogP contribution in [-0.2, 0) is 14.3 Å². The Morgan fingerprint density at radius 1 is 1.42 bits per heavy atom. The Hall–Kier alpha value is -1.10. The number of amides is 2. The molecule has 110 valence electrons. The molecule has 0 aromatic rings. The maximum absolute atomic E-state index is 12.6. The fraction of sp³-hybridized carbons (Fsp3) is 0.857. The van der Waals surface area contributed by atoms with E-state index in [1.165, 1.54) is 0 Å². The molecule has 0 aliphatic carbocycles. The molecule has 2 amide bonds. The lowest BCUT2D eigenvalue weighted by Crippen LogP contribution is -2.71. The first kappa shape index (κ1) is 16.0. The third-order valence-electron chi connectivity index (χ3n) is 4.14. The third kappa shape index (κ3) is 2.91. The van der Waals surface area contributed by atoms with E-state index in [9.17, 15) is 9.59 Å². The number of nitrogens with one attached hydrogen (secondary N) is 1. The van der Waals surface area contributed by atoms with Gasteiger partial charge in [-0.3, -0.25) is 9.59 Å². The van der Waals surface area contributed by atoms with Gasteiger partial charge in [0.05, 0.1) is 0 Å². The van der Waals surface area contributed by atoms with Crippen LogP contribution in [0.2, 0.25) is 0 Å². The SMILES string of the molecule is CCC1NC(=O)C(C)(CC)N(C(C)CCOC)C1=O. The second-order valence-corrected chi connectivity index (χ2v) is 5.40. The molecule has 3 unspecified atom stereocenters. The molecule has 0 bridgehead atoms. The highest BCUT2D eigenvalue weighted by Crippen LogP contribution is 2.29. The van der Waals surface area contributed by atoms with E-state index in [-0.39, 0.29) is 17.9 Å². The number of nitrogens with zero attached hydrogens (tertiary/aromatic N) is 1. The topological polar surface area (TPSA) is 58.6 Å². The van der Waals surface area contributed by atoms with Crippen LogP contribution in [0.4, 0.5) is 0 Å². The standard InChI is InChI=1S/C14H26N2O3/c1-6-11-12(17)16(10(3)8-9-19-5)14(4,7-2)13(18)15-11/h10-11H,6-9H2,1-5H3,(H,15,18). The first-order chi connectivity index (χ1) is 8.92. The summed E-state index contributed by atoms with van der Waals surface area (Å²) < 4.78 is 5.08. The number of rotatable bonds is 6. The van der Waals surface area contributed by atoms with Gasteiger partial charge in [0.25, 0.3) is 0 Å². The molecule has 0 aromatic heterocycles.